The van der Waals surface area contributed by atoms with Gasteiger partial charge in [-0.05, 0) is 42.9 Å². The Kier molecular flexibility index (Phi) is 5.11. The van der Waals surface area contributed by atoms with E-state index in [1.54, 1.807) is 0 Å². The van der Waals surface area contributed by atoms with Gasteiger partial charge in [-0.25, -0.2) is 0 Å². The van der Waals surface area contributed by atoms with Crippen LogP contribution in [-0.2, 0) is 4.74 Å². The largest absolute Gasteiger partial charge is 0.385 e. The third kappa shape index (κ3) is 3.79. The van der Waals surface area contributed by atoms with E-state index in [2.05, 4.69) is 20.8 Å². The van der Waals surface area contributed by atoms with Gasteiger partial charge >= 0.3 is 0 Å². The second kappa shape index (κ2) is 5.89. The van der Waals surface area contributed by atoms with Crippen LogP contribution in [-0.4, -0.2) is 13.7 Å². The summed E-state index contributed by atoms with van der Waals surface area (Å²) >= 11 is 0. The van der Waals surface area contributed by atoms with Crippen LogP contribution < -0.4 is 0 Å². The van der Waals surface area contributed by atoms with Crippen molar-refractivity contribution in [2.45, 2.75) is 59.3 Å². The van der Waals surface area contributed by atoms with E-state index in [9.17, 15) is 0 Å². The smallest absolute Gasteiger partial charge is 0.0467 e. The van der Waals surface area contributed by atoms with E-state index >= 15 is 0 Å². The molecule has 1 rings (SSSR count). The van der Waals surface area contributed by atoms with E-state index in [-0.39, 0.29) is 0 Å². The van der Waals surface area contributed by atoms with Gasteiger partial charge in [0.25, 0.3) is 0 Å². The number of hydrogen-bond donors (Lipinski definition) is 0. The first-order valence-corrected chi connectivity index (χ1v) is 6.58. The molecule has 0 aromatic carbocycles. The van der Waals surface area contributed by atoms with Gasteiger partial charge in [0.1, 0.15) is 0 Å². The van der Waals surface area contributed by atoms with Gasteiger partial charge in [-0.1, -0.05) is 33.6 Å². The molecule has 1 nitrogen and oxygen atoms in total. The summed E-state index contributed by atoms with van der Waals surface area (Å²) in [5.74, 6) is 1.69. The lowest BCUT2D eigenvalue weighted by Gasteiger charge is -2.33. The van der Waals surface area contributed by atoms with Crippen LogP contribution in [0.5, 0.6) is 0 Å². The van der Waals surface area contributed by atoms with Crippen LogP contribution in [0, 0.1) is 17.3 Å². The number of hydrogen-bond acceptors (Lipinski definition) is 1. The van der Waals surface area contributed by atoms with Crippen LogP contribution >= 0.6 is 0 Å². The Balaban J connectivity index is 2.49. The van der Waals surface area contributed by atoms with Crippen molar-refractivity contribution in [1.82, 2.24) is 0 Å². The molecule has 0 saturated heterocycles. The minimum atomic E-state index is 0.625. The molecule has 0 heterocycles. The molecule has 0 aromatic heterocycles. The summed E-state index contributed by atoms with van der Waals surface area (Å²) in [5.41, 5.74) is 0.625. The molecular weight excluding hydrogens is 184 g/mol. The molecule has 0 N–H and O–H groups in total. The zero-order valence-electron chi connectivity index (χ0n) is 11.0. The van der Waals surface area contributed by atoms with Gasteiger partial charge in [-0.3, -0.25) is 0 Å². The fraction of sp³-hybridized carbons (Fsp3) is 1.00. The van der Waals surface area contributed by atoms with Crippen LogP contribution in [0.15, 0.2) is 0 Å². The lowest BCUT2D eigenvalue weighted by Crippen LogP contribution is -2.23. The quantitative estimate of drug-likeness (QED) is 0.639. The highest BCUT2D eigenvalue weighted by Crippen LogP contribution is 2.46. The molecule has 0 aliphatic heterocycles. The number of methoxy groups -OCH3 is 1. The molecule has 0 amide bonds. The summed E-state index contributed by atoms with van der Waals surface area (Å²) in [5, 5.41) is 0. The Morgan fingerprint density at radius 3 is 2.20 bits per heavy atom. The summed E-state index contributed by atoms with van der Waals surface area (Å²) in [6.45, 7) is 8.07. The van der Waals surface area contributed by atoms with Crippen molar-refractivity contribution in [2.24, 2.45) is 17.3 Å². The number of ether oxygens (including phenoxy) is 1. The zero-order chi connectivity index (χ0) is 11.3. The molecule has 1 aliphatic rings. The summed E-state index contributed by atoms with van der Waals surface area (Å²) in [4.78, 5) is 0. The van der Waals surface area contributed by atoms with Crippen molar-refractivity contribution in [3.05, 3.63) is 0 Å². The van der Waals surface area contributed by atoms with E-state index in [1.807, 2.05) is 7.11 Å². The van der Waals surface area contributed by atoms with Crippen LogP contribution in [0.2, 0.25) is 0 Å². The average Bonchev–Trinajstić information content (AvgIpc) is 2.64. The normalized spacial score (nSPS) is 22.2. The molecular formula is C14H28O. The molecule has 1 atom stereocenters. The Labute approximate surface area is 95.6 Å². The van der Waals surface area contributed by atoms with Gasteiger partial charge in [-0.2, -0.15) is 0 Å². The summed E-state index contributed by atoms with van der Waals surface area (Å²) in [6.07, 6.45) is 8.44. The first-order chi connectivity index (χ1) is 7.09. The maximum Gasteiger partial charge on any atom is 0.0467 e. The van der Waals surface area contributed by atoms with Gasteiger partial charge in [0, 0.05) is 13.7 Å². The van der Waals surface area contributed by atoms with Crippen molar-refractivity contribution < 1.29 is 4.74 Å². The Morgan fingerprint density at radius 2 is 1.73 bits per heavy atom. The molecule has 1 saturated carbocycles. The Morgan fingerprint density at radius 1 is 1.13 bits per heavy atom. The molecule has 1 unspecified atom stereocenters. The van der Waals surface area contributed by atoms with Crippen LogP contribution in [0.4, 0.5) is 0 Å². The van der Waals surface area contributed by atoms with E-state index in [1.165, 1.54) is 38.5 Å². The standard InChI is InChI=1S/C14H28O/c1-12(2)13(3)11-14(9-10-15-4)7-5-6-8-14/h12-13H,5-11H2,1-4H3. The number of rotatable bonds is 6. The van der Waals surface area contributed by atoms with Gasteiger partial charge in [-0.15, -0.1) is 0 Å². The molecule has 0 bridgehead atoms. The minimum absolute atomic E-state index is 0.625. The summed E-state index contributed by atoms with van der Waals surface area (Å²) in [6, 6.07) is 0. The SMILES string of the molecule is COCCC1(CC(C)C(C)C)CCCC1. The molecule has 1 fully saturated rings. The van der Waals surface area contributed by atoms with Crippen LogP contribution in [0.3, 0.4) is 0 Å². The predicted molar refractivity (Wildman–Crippen MR) is 66.0 cm³/mol. The second-order valence-electron chi connectivity index (χ2n) is 5.88. The molecule has 15 heavy (non-hydrogen) atoms. The van der Waals surface area contributed by atoms with Gasteiger partial charge < -0.3 is 4.74 Å². The van der Waals surface area contributed by atoms with E-state index in [0.29, 0.717) is 5.41 Å². The van der Waals surface area contributed by atoms with Crippen molar-refractivity contribution in [3.8, 4) is 0 Å². The highest BCUT2D eigenvalue weighted by Gasteiger charge is 2.35. The monoisotopic (exact) mass is 212 g/mol. The average molecular weight is 212 g/mol. The topological polar surface area (TPSA) is 9.23 Å². The summed E-state index contributed by atoms with van der Waals surface area (Å²) in [7, 11) is 1.83. The van der Waals surface area contributed by atoms with Crippen molar-refractivity contribution in [2.75, 3.05) is 13.7 Å². The Bertz CT molecular complexity index is 168. The lowest BCUT2D eigenvalue weighted by atomic mass is 9.73. The highest BCUT2D eigenvalue weighted by atomic mass is 16.5. The first-order valence-electron chi connectivity index (χ1n) is 6.58. The van der Waals surface area contributed by atoms with E-state index in [4.69, 9.17) is 4.74 Å². The van der Waals surface area contributed by atoms with Gasteiger partial charge in [0.15, 0.2) is 0 Å². The molecule has 0 aromatic rings. The third-order valence-electron chi connectivity index (χ3n) is 4.39. The Hall–Kier alpha value is -0.0400. The summed E-state index contributed by atoms with van der Waals surface area (Å²) < 4.78 is 5.27. The fourth-order valence-electron chi connectivity index (χ4n) is 2.92. The van der Waals surface area contributed by atoms with Gasteiger partial charge in [0.2, 0.25) is 0 Å². The maximum absolute atomic E-state index is 5.27. The predicted octanol–water partition coefficient (Wildman–Crippen LogP) is 4.27. The molecule has 1 aliphatic carbocycles. The molecule has 0 spiro atoms. The van der Waals surface area contributed by atoms with E-state index < -0.39 is 0 Å². The van der Waals surface area contributed by atoms with Gasteiger partial charge in [0.05, 0.1) is 0 Å². The molecule has 1 heteroatoms. The first kappa shape index (κ1) is 13.0. The van der Waals surface area contributed by atoms with E-state index in [0.717, 1.165) is 18.4 Å². The van der Waals surface area contributed by atoms with Crippen molar-refractivity contribution >= 4 is 0 Å². The lowest BCUT2D eigenvalue weighted by molar-refractivity contribution is 0.111. The molecule has 90 valence electrons. The van der Waals surface area contributed by atoms with Crippen LogP contribution in [0.25, 0.3) is 0 Å². The minimum Gasteiger partial charge on any atom is -0.385 e. The van der Waals surface area contributed by atoms with Crippen molar-refractivity contribution in [3.63, 3.8) is 0 Å². The molecule has 0 radical (unpaired) electrons. The zero-order valence-corrected chi connectivity index (χ0v) is 11.0. The maximum atomic E-state index is 5.27. The highest BCUT2D eigenvalue weighted by molar-refractivity contribution is 4.86. The third-order valence-corrected chi connectivity index (χ3v) is 4.39. The second-order valence-corrected chi connectivity index (χ2v) is 5.88. The van der Waals surface area contributed by atoms with Crippen molar-refractivity contribution in [1.29, 1.82) is 0 Å². The fourth-order valence-corrected chi connectivity index (χ4v) is 2.92. The van der Waals surface area contributed by atoms with Crippen LogP contribution in [0.1, 0.15) is 59.3 Å².